The van der Waals surface area contributed by atoms with E-state index in [1.165, 1.54) is 11.3 Å². The van der Waals surface area contributed by atoms with Gasteiger partial charge in [0, 0.05) is 5.56 Å². The fraction of sp³-hybridized carbons (Fsp3) is 0.231. The van der Waals surface area contributed by atoms with E-state index in [0.717, 1.165) is 15.8 Å². The summed E-state index contributed by atoms with van der Waals surface area (Å²) < 4.78 is 5.89. The maximum absolute atomic E-state index is 11.2. The van der Waals surface area contributed by atoms with Crippen LogP contribution >= 0.6 is 11.3 Å². The normalized spacial score (nSPS) is 11.2. The number of benzene rings is 1. The standard InChI is InChI=1S/C13H14N2O2S/c1-2-17-11(16)8-4-6-9-5-3-7-10-12(9)15-13(14)18-10/h3-7H,2,8H2,1H3,(H2,14,15). The van der Waals surface area contributed by atoms with E-state index < -0.39 is 0 Å². The zero-order valence-electron chi connectivity index (χ0n) is 10.1. The molecular formula is C13H14N2O2S. The highest BCUT2D eigenvalue weighted by Gasteiger charge is 2.04. The molecule has 2 rings (SSSR count). The number of esters is 1. The van der Waals surface area contributed by atoms with Crippen molar-refractivity contribution in [3.05, 3.63) is 29.8 Å². The number of nitrogen functional groups attached to an aromatic ring is 1. The Hall–Kier alpha value is -1.88. The number of para-hydroxylation sites is 1. The van der Waals surface area contributed by atoms with Crippen LogP contribution in [0.25, 0.3) is 16.3 Å². The summed E-state index contributed by atoms with van der Waals surface area (Å²) in [6.45, 7) is 2.20. The highest BCUT2D eigenvalue weighted by atomic mass is 32.1. The summed E-state index contributed by atoms with van der Waals surface area (Å²) in [6.07, 6.45) is 3.92. The van der Waals surface area contributed by atoms with Crippen LogP contribution in [0.1, 0.15) is 18.9 Å². The Bertz CT molecular complexity index is 590. The van der Waals surface area contributed by atoms with E-state index in [1.54, 1.807) is 13.0 Å². The van der Waals surface area contributed by atoms with Gasteiger partial charge in [0.15, 0.2) is 5.13 Å². The van der Waals surface area contributed by atoms with Crippen molar-refractivity contribution in [3.8, 4) is 0 Å². The van der Waals surface area contributed by atoms with Crippen LogP contribution in [0, 0.1) is 0 Å². The molecule has 0 aliphatic rings. The number of carbonyl (C=O) groups excluding carboxylic acids is 1. The summed E-state index contributed by atoms with van der Waals surface area (Å²) in [5, 5.41) is 0.552. The molecule has 0 saturated carbocycles. The average Bonchev–Trinajstić information content (AvgIpc) is 2.70. The van der Waals surface area contributed by atoms with Crippen LogP contribution in [0.5, 0.6) is 0 Å². The Morgan fingerprint density at radius 3 is 3.17 bits per heavy atom. The molecule has 0 aliphatic heterocycles. The maximum Gasteiger partial charge on any atom is 0.309 e. The van der Waals surface area contributed by atoms with Crippen LogP contribution in [0.4, 0.5) is 5.13 Å². The van der Waals surface area contributed by atoms with Crippen LogP contribution < -0.4 is 5.73 Å². The summed E-state index contributed by atoms with van der Waals surface area (Å²) >= 11 is 1.46. The molecule has 1 heterocycles. The van der Waals surface area contributed by atoms with E-state index in [9.17, 15) is 4.79 Å². The Balaban J connectivity index is 2.16. The summed E-state index contributed by atoms with van der Waals surface area (Å²) in [7, 11) is 0. The molecule has 0 unspecified atom stereocenters. The Morgan fingerprint density at radius 1 is 1.56 bits per heavy atom. The molecule has 0 aliphatic carbocycles. The minimum atomic E-state index is -0.223. The van der Waals surface area contributed by atoms with Crippen molar-refractivity contribution in [2.45, 2.75) is 13.3 Å². The third-order valence-electron chi connectivity index (χ3n) is 2.35. The average molecular weight is 262 g/mol. The predicted molar refractivity (Wildman–Crippen MR) is 74.3 cm³/mol. The summed E-state index contributed by atoms with van der Waals surface area (Å²) in [5.41, 5.74) is 7.52. The van der Waals surface area contributed by atoms with Crippen molar-refractivity contribution in [1.29, 1.82) is 0 Å². The van der Waals surface area contributed by atoms with Crippen LogP contribution in [-0.2, 0) is 9.53 Å². The van der Waals surface area contributed by atoms with Gasteiger partial charge in [-0.3, -0.25) is 4.79 Å². The van der Waals surface area contributed by atoms with Crippen molar-refractivity contribution in [2.75, 3.05) is 12.3 Å². The molecule has 0 bridgehead atoms. The third-order valence-corrected chi connectivity index (χ3v) is 3.20. The number of hydrogen-bond acceptors (Lipinski definition) is 5. The van der Waals surface area contributed by atoms with E-state index in [0.29, 0.717) is 11.7 Å². The topological polar surface area (TPSA) is 65.2 Å². The van der Waals surface area contributed by atoms with Gasteiger partial charge in [0.05, 0.1) is 23.2 Å². The second-order valence-corrected chi connectivity index (χ2v) is 4.72. The van der Waals surface area contributed by atoms with Crippen LogP contribution in [0.3, 0.4) is 0 Å². The highest BCUT2D eigenvalue weighted by Crippen LogP contribution is 2.26. The van der Waals surface area contributed by atoms with Crippen molar-refractivity contribution in [1.82, 2.24) is 4.98 Å². The lowest BCUT2D eigenvalue weighted by Crippen LogP contribution is -2.01. The van der Waals surface area contributed by atoms with Crippen molar-refractivity contribution in [3.63, 3.8) is 0 Å². The molecule has 1 aromatic heterocycles. The molecule has 0 fully saturated rings. The molecule has 4 nitrogen and oxygen atoms in total. The maximum atomic E-state index is 11.2. The molecule has 2 aromatic rings. The van der Waals surface area contributed by atoms with Crippen molar-refractivity contribution < 1.29 is 9.53 Å². The number of aromatic nitrogens is 1. The molecule has 0 amide bonds. The number of rotatable bonds is 4. The quantitative estimate of drug-likeness (QED) is 0.860. The molecule has 94 valence electrons. The van der Waals surface area contributed by atoms with E-state index in [2.05, 4.69) is 4.98 Å². The summed E-state index contributed by atoms with van der Waals surface area (Å²) in [4.78, 5) is 15.5. The van der Waals surface area contributed by atoms with Gasteiger partial charge in [0.2, 0.25) is 0 Å². The van der Waals surface area contributed by atoms with Gasteiger partial charge in [0.25, 0.3) is 0 Å². The van der Waals surface area contributed by atoms with E-state index in [4.69, 9.17) is 10.5 Å². The lowest BCUT2D eigenvalue weighted by molar-refractivity contribution is -0.142. The minimum absolute atomic E-state index is 0.223. The monoisotopic (exact) mass is 262 g/mol. The SMILES string of the molecule is CCOC(=O)CC=Cc1cccc2sc(N)nc12. The number of ether oxygens (including phenoxy) is 1. The molecule has 0 spiro atoms. The number of nitrogens with two attached hydrogens (primary N) is 1. The van der Waals surface area contributed by atoms with Crippen LogP contribution in [0.2, 0.25) is 0 Å². The Morgan fingerprint density at radius 2 is 2.39 bits per heavy atom. The largest absolute Gasteiger partial charge is 0.466 e. The van der Waals surface area contributed by atoms with Crippen molar-refractivity contribution >= 4 is 38.7 Å². The number of nitrogens with zero attached hydrogens (tertiary/aromatic N) is 1. The first kappa shape index (κ1) is 12.6. The van der Waals surface area contributed by atoms with Crippen molar-refractivity contribution in [2.24, 2.45) is 0 Å². The van der Waals surface area contributed by atoms with Gasteiger partial charge in [-0.1, -0.05) is 35.6 Å². The number of hydrogen-bond donors (Lipinski definition) is 1. The highest BCUT2D eigenvalue weighted by molar-refractivity contribution is 7.22. The van der Waals surface area contributed by atoms with Gasteiger partial charge in [-0.15, -0.1) is 0 Å². The minimum Gasteiger partial charge on any atom is -0.466 e. The van der Waals surface area contributed by atoms with Gasteiger partial charge in [-0.2, -0.15) is 0 Å². The molecule has 0 radical (unpaired) electrons. The number of anilines is 1. The Kier molecular flexibility index (Phi) is 3.94. The van der Waals surface area contributed by atoms with E-state index in [-0.39, 0.29) is 12.4 Å². The first-order valence-corrected chi connectivity index (χ1v) is 6.49. The fourth-order valence-corrected chi connectivity index (χ4v) is 2.39. The molecular weight excluding hydrogens is 248 g/mol. The molecule has 18 heavy (non-hydrogen) atoms. The van der Waals surface area contributed by atoms with Crippen LogP contribution in [0.15, 0.2) is 24.3 Å². The molecule has 0 atom stereocenters. The first-order valence-electron chi connectivity index (χ1n) is 5.68. The second kappa shape index (κ2) is 5.64. The summed E-state index contributed by atoms with van der Waals surface area (Å²) in [6, 6.07) is 5.87. The van der Waals surface area contributed by atoms with E-state index in [1.807, 2.05) is 24.3 Å². The Labute approximate surface area is 109 Å². The van der Waals surface area contributed by atoms with Crippen LogP contribution in [-0.4, -0.2) is 17.6 Å². The molecule has 0 saturated heterocycles. The summed E-state index contributed by atoms with van der Waals surface area (Å²) in [5.74, 6) is -0.223. The lowest BCUT2D eigenvalue weighted by atomic mass is 10.2. The van der Waals surface area contributed by atoms with Gasteiger partial charge in [-0.25, -0.2) is 4.98 Å². The third kappa shape index (κ3) is 2.87. The van der Waals surface area contributed by atoms with Gasteiger partial charge in [-0.05, 0) is 13.0 Å². The molecule has 1 aromatic carbocycles. The zero-order chi connectivity index (χ0) is 13.0. The van der Waals surface area contributed by atoms with Gasteiger partial charge in [0.1, 0.15) is 0 Å². The zero-order valence-corrected chi connectivity index (χ0v) is 10.9. The lowest BCUT2D eigenvalue weighted by Gasteiger charge is -1.97. The van der Waals surface area contributed by atoms with E-state index >= 15 is 0 Å². The molecule has 2 N–H and O–H groups in total. The van der Waals surface area contributed by atoms with Gasteiger partial charge >= 0.3 is 5.97 Å². The number of carbonyl (C=O) groups is 1. The molecule has 5 heteroatoms. The second-order valence-electron chi connectivity index (χ2n) is 3.66. The fourth-order valence-electron chi connectivity index (χ4n) is 1.62. The van der Waals surface area contributed by atoms with Gasteiger partial charge < -0.3 is 10.5 Å². The number of fused-ring (bicyclic) bond motifs is 1. The smallest absolute Gasteiger partial charge is 0.309 e. The predicted octanol–water partition coefficient (Wildman–Crippen LogP) is 2.84. The first-order chi connectivity index (χ1) is 8.70. The number of thiazole rings is 1.